The summed E-state index contributed by atoms with van der Waals surface area (Å²) in [5.41, 5.74) is 2.20. The lowest BCUT2D eigenvalue weighted by Crippen LogP contribution is -2.41. The zero-order valence-corrected chi connectivity index (χ0v) is 19.5. The standard InChI is InChI=1S/C19H24N2O3S.C4H6.C2H6/c22-11-9-20(10-12-23)13-15(24)14-21-16-5-1-3-7-18(16)25-19-8-4-2-6-17(19)21;1-3-4-2;1-2/h1-8,15,22-24H,9-14H2;3-4H,1-2H2;1-2H3. The Hall–Kier alpha value is -2.09. The minimum absolute atomic E-state index is 0.0126. The Kier molecular flexibility index (Phi) is 13.6. The number of hydrogen-bond donors (Lipinski definition) is 3. The summed E-state index contributed by atoms with van der Waals surface area (Å²) in [5.74, 6) is 0. The van der Waals surface area contributed by atoms with E-state index < -0.39 is 6.10 Å². The molecule has 170 valence electrons. The Labute approximate surface area is 191 Å². The number of benzene rings is 2. The summed E-state index contributed by atoms with van der Waals surface area (Å²) in [6.07, 6.45) is 2.68. The second-order valence-corrected chi connectivity index (χ2v) is 7.60. The van der Waals surface area contributed by atoms with Gasteiger partial charge in [0.1, 0.15) is 0 Å². The van der Waals surface area contributed by atoms with Gasteiger partial charge in [0.25, 0.3) is 0 Å². The fourth-order valence-corrected chi connectivity index (χ4v) is 4.22. The van der Waals surface area contributed by atoms with E-state index in [1.807, 2.05) is 43.0 Å². The van der Waals surface area contributed by atoms with E-state index in [0.717, 1.165) is 11.4 Å². The fraction of sp³-hybridized carbons (Fsp3) is 0.360. The van der Waals surface area contributed by atoms with Gasteiger partial charge < -0.3 is 20.2 Å². The van der Waals surface area contributed by atoms with Gasteiger partial charge in [0.05, 0.1) is 37.2 Å². The van der Waals surface area contributed by atoms with E-state index in [2.05, 4.69) is 42.3 Å². The lowest BCUT2D eigenvalue weighted by molar-refractivity contribution is 0.0917. The van der Waals surface area contributed by atoms with Crippen LogP contribution in [0.3, 0.4) is 0 Å². The van der Waals surface area contributed by atoms with Crippen molar-refractivity contribution in [2.24, 2.45) is 0 Å². The van der Waals surface area contributed by atoms with Gasteiger partial charge in [-0.3, -0.25) is 4.90 Å². The first-order valence-corrected chi connectivity index (χ1v) is 11.4. The highest BCUT2D eigenvalue weighted by atomic mass is 32.2. The third-order valence-electron chi connectivity index (χ3n) is 4.39. The maximum absolute atomic E-state index is 10.6. The molecule has 2 aromatic rings. The van der Waals surface area contributed by atoms with Crippen molar-refractivity contribution in [3.8, 4) is 0 Å². The summed E-state index contributed by atoms with van der Waals surface area (Å²) in [5, 5.41) is 28.9. The average molecular weight is 445 g/mol. The van der Waals surface area contributed by atoms with E-state index in [1.165, 1.54) is 9.79 Å². The highest BCUT2D eigenvalue weighted by Crippen LogP contribution is 2.47. The van der Waals surface area contributed by atoms with Crippen molar-refractivity contribution in [3.63, 3.8) is 0 Å². The average Bonchev–Trinajstić information content (AvgIpc) is 2.80. The smallest absolute Gasteiger partial charge is 0.0846 e. The Balaban J connectivity index is 0.000000720. The molecule has 0 saturated heterocycles. The largest absolute Gasteiger partial charge is 0.395 e. The first kappa shape index (κ1) is 26.9. The quantitative estimate of drug-likeness (QED) is 0.501. The van der Waals surface area contributed by atoms with Crippen molar-refractivity contribution in [2.45, 2.75) is 29.7 Å². The van der Waals surface area contributed by atoms with Crippen molar-refractivity contribution in [1.29, 1.82) is 0 Å². The SMILES string of the molecule is C=CC=C.CC.OCCN(CCO)CC(O)CN1c2ccccc2Sc2ccccc21. The predicted octanol–water partition coefficient (Wildman–Crippen LogP) is 4.32. The van der Waals surface area contributed by atoms with Crippen LogP contribution in [0.4, 0.5) is 11.4 Å². The molecule has 0 fully saturated rings. The summed E-state index contributed by atoms with van der Waals surface area (Å²) in [4.78, 5) is 6.38. The van der Waals surface area contributed by atoms with Crippen LogP contribution >= 0.6 is 11.8 Å². The van der Waals surface area contributed by atoms with E-state index >= 15 is 0 Å². The molecule has 31 heavy (non-hydrogen) atoms. The summed E-state index contributed by atoms with van der Waals surface area (Å²) >= 11 is 1.74. The second kappa shape index (κ2) is 15.7. The number of para-hydroxylation sites is 2. The van der Waals surface area contributed by atoms with Crippen molar-refractivity contribution < 1.29 is 15.3 Å². The molecule has 1 heterocycles. The van der Waals surface area contributed by atoms with Crippen LogP contribution < -0.4 is 4.90 Å². The van der Waals surface area contributed by atoms with Crippen molar-refractivity contribution in [2.75, 3.05) is 44.3 Å². The lowest BCUT2D eigenvalue weighted by Gasteiger charge is -2.35. The number of rotatable bonds is 9. The molecule has 6 heteroatoms. The molecule has 0 spiro atoms. The normalized spacial score (nSPS) is 12.4. The first-order valence-electron chi connectivity index (χ1n) is 10.6. The number of aliphatic hydroxyl groups excluding tert-OH is 3. The molecule has 0 radical (unpaired) electrons. The molecule has 2 aromatic carbocycles. The number of allylic oxidation sites excluding steroid dienone is 2. The Morgan fingerprint density at radius 2 is 1.35 bits per heavy atom. The number of aliphatic hydroxyl groups is 3. The number of nitrogens with zero attached hydrogens (tertiary/aromatic N) is 2. The maximum Gasteiger partial charge on any atom is 0.0846 e. The van der Waals surface area contributed by atoms with Crippen molar-refractivity contribution >= 4 is 23.1 Å². The van der Waals surface area contributed by atoms with Crippen LogP contribution in [0, 0.1) is 0 Å². The molecule has 1 aliphatic rings. The van der Waals surface area contributed by atoms with Gasteiger partial charge in [0.2, 0.25) is 0 Å². The topological polar surface area (TPSA) is 67.2 Å². The van der Waals surface area contributed by atoms with Gasteiger partial charge in [0, 0.05) is 29.4 Å². The van der Waals surface area contributed by atoms with E-state index in [1.54, 1.807) is 23.9 Å². The molecule has 1 aliphatic heterocycles. The van der Waals surface area contributed by atoms with E-state index in [0.29, 0.717) is 26.2 Å². The molecular formula is C25H36N2O3S. The van der Waals surface area contributed by atoms with Crippen LogP contribution in [0.25, 0.3) is 0 Å². The van der Waals surface area contributed by atoms with Gasteiger partial charge >= 0.3 is 0 Å². The highest BCUT2D eigenvalue weighted by molar-refractivity contribution is 7.99. The monoisotopic (exact) mass is 444 g/mol. The first-order chi connectivity index (χ1) is 15.1. The van der Waals surface area contributed by atoms with Crippen LogP contribution in [0.15, 0.2) is 83.6 Å². The zero-order valence-electron chi connectivity index (χ0n) is 18.7. The molecule has 1 unspecified atom stereocenters. The molecule has 5 nitrogen and oxygen atoms in total. The minimum atomic E-state index is -0.595. The lowest BCUT2D eigenvalue weighted by atomic mass is 10.2. The molecule has 1 atom stereocenters. The summed E-state index contributed by atoms with van der Waals surface area (Å²) in [6.45, 7) is 12.5. The van der Waals surface area contributed by atoms with Crippen LogP contribution in [0.5, 0.6) is 0 Å². The number of anilines is 2. The molecule has 0 aliphatic carbocycles. The predicted molar refractivity (Wildman–Crippen MR) is 132 cm³/mol. The van der Waals surface area contributed by atoms with E-state index in [4.69, 9.17) is 10.2 Å². The molecule has 3 N–H and O–H groups in total. The molecule has 0 saturated carbocycles. The zero-order chi connectivity index (χ0) is 23.1. The minimum Gasteiger partial charge on any atom is -0.395 e. The summed E-state index contributed by atoms with van der Waals surface area (Å²) in [7, 11) is 0. The molecule has 0 aromatic heterocycles. The molecule has 0 amide bonds. The summed E-state index contributed by atoms with van der Waals surface area (Å²) in [6, 6.07) is 16.4. The van der Waals surface area contributed by atoms with Gasteiger partial charge in [-0.05, 0) is 24.3 Å². The third-order valence-corrected chi connectivity index (χ3v) is 5.52. The Morgan fingerprint density at radius 1 is 0.903 bits per heavy atom. The van der Waals surface area contributed by atoms with E-state index in [-0.39, 0.29) is 13.2 Å². The Morgan fingerprint density at radius 3 is 1.77 bits per heavy atom. The highest BCUT2D eigenvalue weighted by Gasteiger charge is 2.25. The van der Waals surface area contributed by atoms with E-state index in [9.17, 15) is 5.11 Å². The number of β-amino-alcohol motifs (C(OH)–C–C–N with tert-alkyl or cyclic N) is 1. The van der Waals surface area contributed by atoms with Crippen LogP contribution in [0.1, 0.15) is 13.8 Å². The molecule has 0 bridgehead atoms. The van der Waals surface area contributed by atoms with Gasteiger partial charge in [-0.25, -0.2) is 0 Å². The van der Waals surface area contributed by atoms with Gasteiger partial charge in [-0.2, -0.15) is 0 Å². The third kappa shape index (κ3) is 8.51. The van der Waals surface area contributed by atoms with Gasteiger partial charge in [0.15, 0.2) is 0 Å². The fourth-order valence-electron chi connectivity index (χ4n) is 3.12. The van der Waals surface area contributed by atoms with Gasteiger partial charge in [-0.1, -0.05) is 75.2 Å². The van der Waals surface area contributed by atoms with Crippen LogP contribution in [-0.4, -0.2) is 65.7 Å². The molecule has 3 rings (SSSR count). The van der Waals surface area contributed by atoms with Gasteiger partial charge in [-0.15, -0.1) is 0 Å². The second-order valence-electron chi connectivity index (χ2n) is 6.52. The number of fused-ring (bicyclic) bond motifs is 2. The molecular weight excluding hydrogens is 408 g/mol. The van der Waals surface area contributed by atoms with Crippen molar-refractivity contribution in [3.05, 3.63) is 73.8 Å². The maximum atomic E-state index is 10.6. The van der Waals surface area contributed by atoms with Crippen molar-refractivity contribution in [1.82, 2.24) is 4.90 Å². The van der Waals surface area contributed by atoms with Crippen LogP contribution in [0.2, 0.25) is 0 Å². The Bertz CT molecular complexity index is 727. The number of hydrogen-bond acceptors (Lipinski definition) is 6. The van der Waals surface area contributed by atoms with Crippen LogP contribution in [-0.2, 0) is 0 Å². The summed E-state index contributed by atoms with van der Waals surface area (Å²) < 4.78 is 0.